The second kappa shape index (κ2) is 14.5. The molecule has 1 heterocycles. The Balaban J connectivity index is 1.69. The quantitative estimate of drug-likeness (QED) is 0.227. The number of carbonyl (C=O) groups is 2. The lowest BCUT2D eigenvalue weighted by Gasteiger charge is -2.35. The SMILES string of the molecule is CC(C)CCC/C=C/C=C/COc1ccc2c(c1)CN(C(=O)/C=C/c1ccccc1)[C@H](C(=O)NS(C)(=O)=O)C2. The first-order valence-electron chi connectivity index (χ1n) is 13.2. The van der Waals surface area contributed by atoms with Gasteiger partial charge in [0.2, 0.25) is 15.9 Å². The Morgan fingerprint density at radius 1 is 1.08 bits per heavy atom. The Kier molecular flexibility index (Phi) is 11.1. The molecule has 0 saturated heterocycles. The van der Waals surface area contributed by atoms with Gasteiger partial charge >= 0.3 is 0 Å². The first-order chi connectivity index (χ1) is 18.6. The average molecular weight is 551 g/mol. The molecule has 1 atom stereocenters. The lowest BCUT2D eigenvalue weighted by molar-refractivity contribution is -0.137. The number of fused-ring (bicyclic) bond motifs is 1. The Morgan fingerprint density at radius 3 is 2.54 bits per heavy atom. The van der Waals surface area contributed by atoms with Crippen LogP contribution < -0.4 is 9.46 Å². The summed E-state index contributed by atoms with van der Waals surface area (Å²) in [5.41, 5.74) is 2.56. The fourth-order valence-electron chi connectivity index (χ4n) is 4.29. The van der Waals surface area contributed by atoms with E-state index < -0.39 is 22.0 Å². The van der Waals surface area contributed by atoms with Crippen LogP contribution in [0.4, 0.5) is 0 Å². The highest BCUT2D eigenvalue weighted by atomic mass is 32.2. The minimum atomic E-state index is -3.77. The summed E-state index contributed by atoms with van der Waals surface area (Å²) in [6, 6.07) is 14.0. The van der Waals surface area contributed by atoms with Gasteiger partial charge in [-0.25, -0.2) is 8.42 Å². The fraction of sp³-hybridized carbons (Fsp3) is 0.355. The van der Waals surface area contributed by atoms with Crippen LogP contribution in [-0.4, -0.2) is 44.0 Å². The maximum atomic E-state index is 13.2. The minimum absolute atomic E-state index is 0.154. The van der Waals surface area contributed by atoms with Gasteiger partial charge in [0.1, 0.15) is 18.4 Å². The highest BCUT2D eigenvalue weighted by Gasteiger charge is 2.35. The number of sulfonamides is 1. The van der Waals surface area contributed by atoms with E-state index in [2.05, 4.69) is 19.9 Å². The van der Waals surface area contributed by atoms with Crippen LogP contribution in [0.3, 0.4) is 0 Å². The highest BCUT2D eigenvalue weighted by molar-refractivity contribution is 7.89. The molecule has 208 valence electrons. The Bertz CT molecular complexity index is 1310. The average Bonchev–Trinajstić information content (AvgIpc) is 2.89. The molecule has 2 amide bonds. The molecule has 0 spiro atoms. The van der Waals surface area contributed by atoms with E-state index in [0.29, 0.717) is 12.4 Å². The third-order valence-corrected chi connectivity index (χ3v) is 6.85. The summed E-state index contributed by atoms with van der Waals surface area (Å²) in [6.07, 6.45) is 15.8. The monoisotopic (exact) mass is 550 g/mol. The number of rotatable bonds is 12. The maximum Gasteiger partial charge on any atom is 0.256 e. The topological polar surface area (TPSA) is 92.8 Å². The minimum Gasteiger partial charge on any atom is -0.490 e. The van der Waals surface area contributed by atoms with Crippen LogP contribution in [0.15, 0.2) is 78.9 Å². The van der Waals surface area contributed by atoms with Crippen molar-refractivity contribution in [3.63, 3.8) is 0 Å². The van der Waals surface area contributed by atoms with E-state index in [9.17, 15) is 18.0 Å². The van der Waals surface area contributed by atoms with Crippen molar-refractivity contribution in [1.82, 2.24) is 9.62 Å². The normalized spacial score (nSPS) is 15.8. The molecule has 1 N–H and O–H groups in total. The standard InChI is InChI=1S/C31H38N2O5S/c1-24(2)13-9-6-4-5-7-12-20-38-28-18-17-26-22-29(31(35)32-39(3,36)37)33(23-27(26)21-28)30(34)19-16-25-14-10-8-11-15-25/h4-5,7-8,10-12,14-19,21,24,29H,6,9,13,20,22-23H2,1-3H3,(H,32,35)/b5-4+,12-7+,19-16+/t29-/m0/s1. The predicted octanol–water partition coefficient (Wildman–Crippen LogP) is 5.05. The Hall–Kier alpha value is -3.65. The number of allylic oxidation sites excluding steroid dienone is 3. The number of hydrogen-bond donors (Lipinski definition) is 1. The summed E-state index contributed by atoms with van der Waals surface area (Å²) < 4.78 is 31.3. The molecule has 8 heteroatoms. The van der Waals surface area contributed by atoms with Crippen molar-refractivity contribution in [2.75, 3.05) is 12.9 Å². The molecular weight excluding hydrogens is 512 g/mol. The highest BCUT2D eigenvalue weighted by Crippen LogP contribution is 2.28. The van der Waals surface area contributed by atoms with Crippen LogP contribution in [0, 0.1) is 5.92 Å². The van der Waals surface area contributed by atoms with Crippen molar-refractivity contribution in [3.05, 3.63) is 95.6 Å². The summed E-state index contributed by atoms with van der Waals surface area (Å²) >= 11 is 0. The lowest BCUT2D eigenvalue weighted by atomic mass is 9.93. The second-order valence-corrected chi connectivity index (χ2v) is 11.8. The molecule has 39 heavy (non-hydrogen) atoms. The molecule has 0 radical (unpaired) electrons. The predicted molar refractivity (Wildman–Crippen MR) is 155 cm³/mol. The van der Waals surface area contributed by atoms with Gasteiger partial charge in [0, 0.05) is 19.0 Å². The summed E-state index contributed by atoms with van der Waals surface area (Å²) in [7, 11) is -3.77. The zero-order chi connectivity index (χ0) is 28.3. The van der Waals surface area contributed by atoms with Gasteiger partial charge in [0.05, 0.1) is 6.26 Å². The Morgan fingerprint density at radius 2 is 1.82 bits per heavy atom. The van der Waals surface area contributed by atoms with Crippen LogP contribution in [0.25, 0.3) is 6.08 Å². The van der Waals surface area contributed by atoms with E-state index in [1.807, 2.05) is 71.5 Å². The van der Waals surface area contributed by atoms with Gasteiger partial charge in [0.25, 0.3) is 5.91 Å². The molecule has 1 aliphatic rings. The second-order valence-electron chi connectivity index (χ2n) is 10.1. The first-order valence-corrected chi connectivity index (χ1v) is 15.1. The third-order valence-electron chi connectivity index (χ3n) is 6.28. The van der Waals surface area contributed by atoms with Crippen LogP contribution >= 0.6 is 0 Å². The first kappa shape index (κ1) is 29.9. The van der Waals surface area contributed by atoms with Crippen molar-refractivity contribution in [2.24, 2.45) is 5.92 Å². The fourth-order valence-corrected chi connectivity index (χ4v) is 4.79. The van der Waals surface area contributed by atoms with Gasteiger partial charge in [-0.2, -0.15) is 0 Å². The van der Waals surface area contributed by atoms with Crippen LogP contribution in [0.5, 0.6) is 5.75 Å². The number of carbonyl (C=O) groups excluding carboxylic acids is 2. The maximum absolute atomic E-state index is 13.2. The largest absolute Gasteiger partial charge is 0.490 e. The number of nitrogens with zero attached hydrogens (tertiary/aromatic N) is 1. The molecule has 3 rings (SSSR count). The van der Waals surface area contributed by atoms with Crippen LogP contribution in [0.2, 0.25) is 0 Å². The van der Waals surface area contributed by atoms with E-state index in [1.165, 1.54) is 23.8 Å². The summed E-state index contributed by atoms with van der Waals surface area (Å²) in [5, 5.41) is 0. The van der Waals surface area contributed by atoms with Crippen molar-refractivity contribution in [1.29, 1.82) is 0 Å². The summed E-state index contributed by atoms with van der Waals surface area (Å²) in [4.78, 5) is 27.4. The van der Waals surface area contributed by atoms with Gasteiger partial charge < -0.3 is 9.64 Å². The Labute approximate surface area is 232 Å². The summed E-state index contributed by atoms with van der Waals surface area (Å²) in [5.74, 6) is 0.274. The molecule has 0 unspecified atom stereocenters. The van der Waals surface area contributed by atoms with Gasteiger partial charge in [-0.3, -0.25) is 14.3 Å². The number of benzene rings is 2. The van der Waals surface area contributed by atoms with E-state index in [0.717, 1.165) is 35.3 Å². The number of hydrogen-bond acceptors (Lipinski definition) is 5. The van der Waals surface area contributed by atoms with Gasteiger partial charge in [0.15, 0.2) is 0 Å². The molecule has 0 saturated carbocycles. The number of ether oxygens (including phenoxy) is 1. The summed E-state index contributed by atoms with van der Waals surface area (Å²) in [6.45, 7) is 5.01. The lowest BCUT2D eigenvalue weighted by Crippen LogP contribution is -2.53. The zero-order valence-corrected chi connectivity index (χ0v) is 23.7. The molecular formula is C31H38N2O5S. The van der Waals surface area contributed by atoms with E-state index in [-0.39, 0.29) is 18.9 Å². The number of unbranched alkanes of at least 4 members (excludes halogenated alkanes) is 1. The van der Waals surface area contributed by atoms with Gasteiger partial charge in [-0.1, -0.05) is 74.9 Å². The molecule has 7 nitrogen and oxygen atoms in total. The van der Waals surface area contributed by atoms with Crippen LogP contribution in [0.1, 0.15) is 49.8 Å². The zero-order valence-electron chi connectivity index (χ0n) is 22.9. The van der Waals surface area contributed by atoms with E-state index in [1.54, 1.807) is 6.08 Å². The molecule has 2 aromatic carbocycles. The molecule has 0 bridgehead atoms. The number of amides is 2. The van der Waals surface area contributed by atoms with Crippen molar-refractivity contribution >= 4 is 27.9 Å². The van der Waals surface area contributed by atoms with Crippen molar-refractivity contribution in [2.45, 2.75) is 52.1 Å². The molecule has 2 aromatic rings. The smallest absolute Gasteiger partial charge is 0.256 e. The van der Waals surface area contributed by atoms with Gasteiger partial charge in [-0.15, -0.1) is 0 Å². The van der Waals surface area contributed by atoms with Gasteiger partial charge in [-0.05, 0) is 59.7 Å². The number of nitrogens with one attached hydrogen (secondary N) is 1. The molecule has 1 aliphatic heterocycles. The van der Waals surface area contributed by atoms with Crippen molar-refractivity contribution < 1.29 is 22.7 Å². The molecule has 0 aromatic heterocycles. The van der Waals surface area contributed by atoms with E-state index >= 15 is 0 Å². The van der Waals surface area contributed by atoms with E-state index in [4.69, 9.17) is 4.74 Å². The molecule has 0 fully saturated rings. The van der Waals surface area contributed by atoms with Crippen LogP contribution in [-0.2, 0) is 32.6 Å². The van der Waals surface area contributed by atoms with Crippen molar-refractivity contribution in [3.8, 4) is 5.75 Å². The third kappa shape index (κ3) is 10.2. The molecule has 0 aliphatic carbocycles.